The lowest BCUT2D eigenvalue weighted by Crippen LogP contribution is -2.36. The minimum Gasteiger partial charge on any atom is -0.327 e. The Kier molecular flexibility index (Phi) is 4.67. The highest BCUT2D eigenvalue weighted by atomic mass is 14.7. The van der Waals surface area contributed by atoms with Crippen molar-refractivity contribution in [2.24, 2.45) is 17.1 Å². The zero-order valence-electron chi connectivity index (χ0n) is 12.7. The second-order valence-electron chi connectivity index (χ2n) is 7.44. The summed E-state index contributed by atoms with van der Waals surface area (Å²) in [5.74, 6) is 1.43. The smallest absolute Gasteiger partial charge is 0.00675 e. The number of benzene rings is 1. The standard InChI is InChI=1S/C18H29N/c1-18(2,3)12-11-16-13-15(9-10-17(16)19)14-7-5-4-6-8-14/h4-8,15-17H,9-13,19H2,1-3H3. The van der Waals surface area contributed by atoms with Crippen LogP contribution in [0.5, 0.6) is 0 Å². The van der Waals surface area contributed by atoms with E-state index in [1.807, 2.05) is 0 Å². The van der Waals surface area contributed by atoms with E-state index in [4.69, 9.17) is 5.73 Å². The number of nitrogens with two attached hydrogens (primary N) is 1. The van der Waals surface area contributed by atoms with Crippen LogP contribution in [0.1, 0.15) is 64.4 Å². The Morgan fingerprint density at radius 1 is 1.11 bits per heavy atom. The van der Waals surface area contributed by atoms with Gasteiger partial charge in [0.05, 0.1) is 0 Å². The molecule has 1 saturated carbocycles. The number of rotatable bonds is 3. The molecule has 0 aromatic heterocycles. The summed E-state index contributed by atoms with van der Waals surface area (Å²) in [7, 11) is 0. The van der Waals surface area contributed by atoms with Crippen LogP contribution in [0.3, 0.4) is 0 Å². The molecule has 0 heterocycles. The predicted octanol–water partition coefficient (Wildman–Crippen LogP) is 4.72. The fraction of sp³-hybridized carbons (Fsp3) is 0.667. The molecule has 1 aliphatic carbocycles. The van der Waals surface area contributed by atoms with E-state index in [0.29, 0.717) is 17.4 Å². The molecule has 0 radical (unpaired) electrons. The molecule has 1 aromatic carbocycles. The molecule has 19 heavy (non-hydrogen) atoms. The van der Waals surface area contributed by atoms with Gasteiger partial charge in [0.2, 0.25) is 0 Å². The van der Waals surface area contributed by atoms with Gasteiger partial charge in [0.25, 0.3) is 0 Å². The van der Waals surface area contributed by atoms with Crippen molar-refractivity contribution in [2.45, 2.75) is 64.8 Å². The van der Waals surface area contributed by atoms with Gasteiger partial charge in [-0.25, -0.2) is 0 Å². The topological polar surface area (TPSA) is 26.0 Å². The third kappa shape index (κ3) is 4.35. The van der Waals surface area contributed by atoms with Crippen molar-refractivity contribution in [2.75, 3.05) is 0 Å². The van der Waals surface area contributed by atoms with Crippen molar-refractivity contribution >= 4 is 0 Å². The van der Waals surface area contributed by atoms with Crippen LogP contribution in [0.4, 0.5) is 0 Å². The van der Waals surface area contributed by atoms with Crippen molar-refractivity contribution < 1.29 is 0 Å². The summed E-state index contributed by atoms with van der Waals surface area (Å²) in [6, 6.07) is 11.4. The van der Waals surface area contributed by atoms with Crippen LogP contribution in [0.25, 0.3) is 0 Å². The van der Waals surface area contributed by atoms with Gasteiger partial charge < -0.3 is 5.73 Å². The van der Waals surface area contributed by atoms with Gasteiger partial charge in [-0.05, 0) is 54.9 Å². The lowest BCUT2D eigenvalue weighted by Gasteiger charge is -2.35. The van der Waals surface area contributed by atoms with Crippen LogP contribution in [0, 0.1) is 11.3 Å². The van der Waals surface area contributed by atoms with Gasteiger partial charge in [-0.3, -0.25) is 0 Å². The molecule has 0 bridgehead atoms. The molecular weight excluding hydrogens is 230 g/mol. The molecule has 1 nitrogen and oxygen atoms in total. The van der Waals surface area contributed by atoms with Gasteiger partial charge >= 0.3 is 0 Å². The Balaban J connectivity index is 1.96. The number of hydrogen-bond donors (Lipinski definition) is 1. The van der Waals surface area contributed by atoms with Crippen molar-refractivity contribution in [3.05, 3.63) is 35.9 Å². The predicted molar refractivity (Wildman–Crippen MR) is 83.2 cm³/mol. The highest BCUT2D eigenvalue weighted by Crippen LogP contribution is 2.39. The SMILES string of the molecule is CC(C)(C)CCC1CC(c2ccccc2)CCC1N. The highest BCUT2D eigenvalue weighted by Gasteiger charge is 2.29. The molecule has 3 unspecified atom stereocenters. The molecule has 1 fully saturated rings. The Hall–Kier alpha value is -0.820. The molecule has 2 N–H and O–H groups in total. The highest BCUT2D eigenvalue weighted by molar-refractivity contribution is 5.20. The molecule has 1 aromatic rings. The third-order valence-corrected chi connectivity index (χ3v) is 4.58. The lowest BCUT2D eigenvalue weighted by molar-refractivity contribution is 0.229. The van der Waals surface area contributed by atoms with Crippen LogP contribution < -0.4 is 5.73 Å². The average molecular weight is 259 g/mol. The van der Waals surface area contributed by atoms with E-state index in [1.54, 1.807) is 0 Å². The second kappa shape index (κ2) is 6.09. The van der Waals surface area contributed by atoms with E-state index >= 15 is 0 Å². The van der Waals surface area contributed by atoms with Crippen molar-refractivity contribution in [3.63, 3.8) is 0 Å². The summed E-state index contributed by atoms with van der Waals surface area (Å²) in [5, 5.41) is 0. The summed E-state index contributed by atoms with van der Waals surface area (Å²) >= 11 is 0. The molecule has 0 amide bonds. The minimum absolute atomic E-state index is 0.419. The molecule has 1 aliphatic rings. The van der Waals surface area contributed by atoms with E-state index in [2.05, 4.69) is 51.1 Å². The minimum atomic E-state index is 0.419. The Bertz CT molecular complexity index is 376. The Morgan fingerprint density at radius 3 is 2.42 bits per heavy atom. The summed E-state index contributed by atoms with van der Waals surface area (Å²) in [5.41, 5.74) is 8.29. The summed E-state index contributed by atoms with van der Waals surface area (Å²) in [6.07, 6.45) is 6.30. The first-order valence-corrected chi connectivity index (χ1v) is 7.76. The zero-order valence-corrected chi connectivity index (χ0v) is 12.7. The normalized spacial score (nSPS) is 28.3. The van der Waals surface area contributed by atoms with E-state index in [-0.39, 0.29) is 0 Å². The summed E-state index contributed by atoms with van der Waals surface area (Å²) in [4.78, 5) is 0. The lowest BCUT2D eigenvalue weighted by atomic mass is 9.72. The van der Waals surface area contributed by atoms with Crippen molar-refractivity contribution in [1.82, 2.24) is 0 Å². The van der Waals surface area contributed by atoms with E-state index in [1.165, 1.54) is 37.7 Å². The van der Waals surface area contributed by atoms with Crippen LogP contribution >= 0.6 is 0 Å². The van der Waals surface area contributed by atoms with Crippen LogP contribution in [-0.4, -0.2) is 6.04 Å². The molecular formula is C18H29N. The molecule has 1 heteroatoms. The van der Waals surface area contributed by atoms with E-state index in [0.717, 1.165) is 5.92 Å². The Morgan fingerprint density at radius 2 is 1.79 bits per heavy atom. The third-order valence-electron chi connectivity index (χ3n) is 4.58. The van der Waals surface area contributed by atoms with Gasteiger partial charge in [0.1, 0.15) is 0 Å². The van der Waals surface area contributed by atoms with Crippen molar-refractivity contribution in [1.29, 1.82) is 0 Å². The first-order valence-electron chi connectivity index (χ1n) is 7.76. The largest absolute Gasteiger partial charge is 0.327 e. The number of hydrogen-bond acceptors (Lipinski definition) is 1. The van der Waals surface area contributed by atoms with Crippen LogP contribution in [0.2, 0.25) is 0 Å². The van der Waals surface area contributed by atoms with Crippen LogP contribution in [0.15, 0.2) is 30.3 Å². The van der Waals surface area contributed by atoms with Crippen molar-refractivity contribution in [3.8, 4) is 0 Å². The molecule has 0 aliphatic heterocycles. The van der Waals surface area contributed by atoms with Gasteiger partial charge in [-0.1, -0.05) is 51.1 Å². The Labute approximate surface area is 118 Å². The second-order valence-corrected chi connectivity index (χ2v) is 7.44. The fourth-order valence-electron chi connectivity index (χ4n) is 3.27. The molecule has 0 spiro atoms. The zero-order chi connectivity index (χ0) is 13.9. The maximum atomic E-state index is 6.35. The van der Waals surface area contributed by atoms with Gasteiger partial charge in [-0.15, -0.1) is 0 Å². The van der Waals surface area contributed by atoms with Gasteiger partial charge in [0, 0.05) is 6.04 Å². The summed E-state index contributed by atoms with van der Waals surface area (Å²) in [6.45, 7) is 6.99. The first-order chi connectivity index (χ1) is 8.96. The molecule has 2 rings (SSSR count). The summed E-state index contributed by atoms with van der Waals surface area (Å²) < 4.78 is 0. The molecule has 106 valence electrons. The van der Waals surface area contributed by atoms with Gasteiger partial charge in [0.15, 0.2) is 0 Å². The fourth-order valence-corrected chi connectivity index (χ4v) is 3.27. The monoisotopic (exact) mass is 259 g/mol. The maximum absolute atomic E-state index is 6.35. The molecule has 0 saturated heterocycles. The first kappa shape index (κ1) is 14.6. The quantitative estimate of drug-likeness (QED) is 0.835. The average Bonchev–Trinajstić information content (AvgIpc) is 2.38. The van der Waals surface area contributed by atoms with Gasteiger partial charge in [-0.2, -0.15) is 0 Å². The van der Waals surface area contributed by atoms with E-state index < -0.39 is 0 Å². The van der Waals surface area contributed by atoms with E-state index in [9.17, 15) is 0 Å². The maximum Gasteiger partial charge on any atom is 0.00675 e. The van der Waals surface area contributed by atoms with Crippen LogP contribution in [-0.2, 0) is 0 Å². The molecule has 3 atom stereocenters.